The summed E-state index contributed by atoms with van der Waals surface area (Å²) in [5.74, 6) is -0.594. The molecule has 1 aliphatic carbocycles. The number of nitrogens with one attached hydrogen (secondary N) is 2. The Balaban J connectivity index is 1.63. The first-order valence-electron chi connectivity index (χ1n) is 10.1. The molecular weight excluding hydrogens is 366 g/mol. The molecule has 3 rings (SSSR count). The number of ether oxygens (including phenoxy) is 1. The minimum absolute atomic E-state index is 0.205. The Bertz CT molecular complexity index is 892. The second-order valence-corrected chi connectivity index (χ2v) is 6.93. The van der Waals surface area contributed by atoms with Gasteiger partial charge in [0, 0.05) is 18.4 Å². The summed E-state index contributed by atoms with van der Waals surface area (Å²) >= 11 is 0. The number of hydrogen-bond donors (Lipinski definition) is 2. The second kappa shape index (κ2) is 10.4. The zero-order chi connectivity index (χ0) is 20.5. The van der Waals surface area contributed by atoms with Crippen LogP contribution < -0.4 is 10.6 Å². The summed E-state index contributed by atoms with van der Waals surface area (Å²) < 4.78 is 5.10. The molecule has 0 saturated heterocycles. The van der Waals surface area contributed by atoms with E-state index >= 15 is 0 Å². The van der Waals surface area contributed by atoms with Crippen molar-refractivity contribution in [2.24, 2.45) is 0 Å². The number of aromatic nitrogens is 1. The average Bonchev–Trinajstić information content (AvgIpc) is 2.75. The summed E-state index contributed by atoms with van der Waals surface area (Å²) in [6, 6.07) is 10.5. The van der Waals surface area contributed by atoms with Gasteiger partial charge in [-0.1, -0.05) is 23.8 Å². The van der Waals surface area contributed by atoms with Crippen LogP contribution in [0.5, 0.6) is 0 Å². The van der Waals surface area contributed by atoms with E-state index in [0.717, 1.165) is 19.3 Å². The van der Waals surface area contributed by atoms with Gasteiger partial charge in [-0.05, 0) is 63.3 Å². The molecule has 0 fully saturated rings. The summed E-state index contributed by atoms with van der Waals surface area (Å²) in [4.78, 5) is 28.8. The fourth-order valence-electron chi connectivity index (χ4n) is 3.33. The third-order valence-electron chi connectivity index (χ3n) is 4.81. The molecule has 2 N–H and O–H groups in total. The van der Waals surface area contributed by atoms with Crippen molar-refractivity contribution in [1.82, 2.24) is 10.3 Å². The monoisotopic (exact) mass is 393 g/mol. The Morgan fingerprint density at radius 2 is 2.03 bits per heavy atom. The van der Waals surface area contributed by atoms with E-state index in [4.69, 9.17) is 4.74 Å². The quantitative estimate of drug-likeness (QED) is 0.505. The minimum atomic E-state index is -0.389. The standard InChI is InChI=1S/C23H27N3O3/c1-2-29-23(28)19-10-6-7-11-20(19)26-18-13-15-24-21(16-18)22(27)25-14-12-17-8-4-3-5-9-17/h6-8,10-11,13,15-16H,2-5,9,12,14H2,1H3,(H,24,26)(H,25,27). The lowest BCUT2D eigenvalue weighted by atomic mass is 9.97. The number of nitrogens with zero attached hydrogens (tertiary/aromatic N) is 1. The molecule has 1 aliphatic rings. The lowest BCUT2D eigenvalue weighted by Gasteiger charge is -2.13. The average molecular weight is 393 g/mol. The van der Waals surface area contributed by atoms with Gasteiger partial charge < -0.3 is 15.4 Å². The number of amides is 1. The van der Waals surface area contributed by atoms with E-state index in [1.807, 2.05) is 6.07 Å². The van der Waals surface area contributed by atoms with Crippen LogP contribution in [0.15, 0.2) is 54.2 Å². The van der Waals surface area contributed by atoms with Gasteiger partial charge in [0.05, 0.1) is 17.9 Å². The highest BCUT2D eigenvalue weighted by Crippen LogP contribution is 2.22. The third kappa shape index (κ3) is 5.91. The van der Waals surface area contributed by atoms with Gasteiger partial charge in [-0.25, -0.2) is 4.79 Å². The number of carbonyl (C=O) groups excluding carboxylic acids is 2. The first kappa shape index (κ1) is 20.6. The van der Waals surface area contributed by atoms with E-state index < -0.39 is 0 Å². The van der Waals surface area contributed by atoms with E-state index in [2.05, 4.69) is 21.7 Å². The van der Waals surface area contributed by atoms with E-state index in [1.165, 1.54) is 18.4 Å². The molecule has 1 aromatic heterocycles. The molecule has 0 atom stereocenters. The van der Waals surface area contributed by atoms with E-state index in [1.54, 1.807) is 43.5 Å². The van der Waals surface area contributed by atoms with Gasteiger partial charge in [0.1, 0.15) is 5.69 Å². The molecule has 29 heavy (non-hydrogen) atoms. The molecule has 152 valence electrons. The van der Waals surface area contributed by atoms with E-state index in [0.29, 0.717) is 35.8 Å². The van der Waals surface area contributed by atoms with Gasteiger partial charge >= 0.3 is 5.97 Å². The lowest BCUT2D eigenvalue weighted by molar-refractivity contribution is 0.0527. The van der Waals surface area contributed by atoms with Gasteiger partial charge in [-0.3, -0.25) is 9.78 Å². The van der Waals surface area contributed by atoms with Gasteiger partial charge in [0.15, 0.2) is 0 Å². The Kier molecular flexibility index (Phi) is 7.39. The molecule has 6 nitrogen and oxygen atoms in total. The van der Waals surface area contributed by atoms with Crippen molar-refractivity contribution in [3.63, 3.8) is 0 Å². The number of anilines is 2. The molecule has 6 heteroatoms. The second-order valence-electron chi connectivity index (χ2n) is 6.93. The zero-order valence-electron chi connectivity index (χ0n) is 16.7. The molecule has 0 saturated carbocycles. The van der Waals surface area contributed by atoms with Crippen LogP contribution in [0.1, 0.15) is 59.9 Å². The fourth-order valence-corrected chi connectivity index (χ4v) is 3.33. The van der Waals surface area contributed by atoms with Crippen molar-refractivity contribution in [1.29, 1.82) is 0 Å². The van der Waals surface area contributed by atoms with Crippen LogP contribution >= 0.6 is 0 Å². The maximum Gasteiger partial charge on any atom is 0.340 e. The first-order chi connectivity index (χ1) is 14.2. The Labute approximate surface area is 171 Å². The predicted molar refractivity (Wildman–Crippen MR) is 113 cm³/mol. The topological polar surface area (TPSA) is 80.3 Å². The molecule has 2 aromatic rings. The maximum atomic E-state index is 12.5. The summed E-state index contributed by atoms with van der Waals surface area (Å²) in [6.07, 6.45) is 9.53. The fraction of sp³-hybridized carbons (Fsp3) is 0.348. The molecular formula is C23H27N3O3. The van der Waals surface area contributed by atoms with Crippen LogP contribution in [0, 0.1) is 0 Å². The van der Waals surface area contributed by atoms with Gasteiger partial charge in [0.25, 0.3) is 5.91 Å². The Morgan fingerprint density at radius 1 is 1.17 bits per heavy atom. The first-order valence-corrected chi connectivity index (χ1v) is 10.1. The molecule has 0 bridgehead atoms. The van der Waals surface area contributed by atoms with Gasteiger partial charge in [-0.2, -0.15) is 0 Å². The smallest absolute Gasteiger partial charge is 0.340 e. The number of allylic oxidation sites excluding steroid dienone is 1. The highest BCUT2D eigenvalue weighted by molar-refractivity contribution is 5.97. The summed E-state index contributed by atoms with van der Waals surface area (Å²) in [6.45, 7) is 2.69. The van der Waals surface area contributed by atoms with Crippen LogP contribution in [-0.4, -0.2) is 30.0 Å². The molecule has 1 amide bonds. The van der Waals surface area contributed by atoms with E-state index in [9.17, 15) is 9.59 Å². The third-order valence-corrected chi connectivity index (χ3v) is 4.81. The van der Waals surface area contributed by atoms with Crippen molar-refractivity contribution in [3.05, 3.63) is 65.5 Å². The van der Waals surface area contributed by atoms with Crippen LogP contribution in [0.2, 0.25) is 0 Å². The molecule has 0 radical (unpaired) electrons. The van der Waals surface area contributed by atoms with Crippen LogP contribution in [0.3, 0.4) is 0 Å². The Hall–Kier alpha value is -3.15. The SMILES string of the molecule is CCOC(=O)c1ccccc1Nc1ccnc(C(=O)NCCC2=CCCCC2)c1. The van der Waals surface area contributed by atoms with Gasteiger partial charge in [0.2, 0.25) is 0 Å². The minimum Gasteiger partial charge on any atom is -0.462 e. The highest BCUT2D eigenvalue weighted by Gasteiger charge is 2.13. The van der Waals surface area contributed by atoms with Crippen molar-refractivity contribution in [2.75, 3.05) is 18.5 Å². The molecule has 1 aromatic carbocycles. The van der Waals surface area contributed by atoms with E-state index in [-0.39, 0.29) is 11.9 Å². The zero-order valence-corrected chi connectivity index (χ0v) is 16.7. The van der Waals surface area contributed by atoms with Crippen LogP contribution in [0.4, 0.5) is 11.4 Å². The van der Waals surface area contributed by atoms with Crippen molar-refractivity contribution >= 4 is 23.3 Å². The number of hydrogen-bond acceptors (Lipinski definition) is 5. The number of esters is 1. The highest BCUT2D eigenvalue weighted by atomic mass is 16.5. The van der Waals surface area contributed by atoms with Crippen molar-refractivity contribution in [2.45, 2.75) is 39.0 Å². The van der Waals surface area contributed by atoms with Gasteiger partial charge in [-0.15, -0.1) is 0 Å². The summed E-state index contributed by atoms with van der Waals surface area (Å²) in [7, 11) is 0. The number of benzene rings is 1. The number of carbonyl (C=O) groups is 2. The molecule has 0 unspecified atom stereocenters. The normalized spacial score (nSPS) is 13.3. The lowest BCUT2D eigenvalue weighted by Crippen LogP contribution is -2.25. The van der Waals surface area contributed by atoms with Crippen LogP contribution in [-0.2, 0) is 4.74 Å². The van der Waals surface area contributed by atoms with Crippen molar-refractivity contribution in [3.8, 4) is 0 Å². The number of pyridine rings is 1. The maximum absolute atomic E-state index is 12.5. The predicted octanol–water partition coefficient (Wildman–Crippen LogP) is 4.62. The molecule has 0 spiro atoms. The number of para-hydroxylation sites is 1. The van der Waals surface area contributed by atoms with Crippen LogP contribution in [0.25, 0.3) is 0 Å². The molecule has 0 aliphatic heterocycles. The summed E-state index contributed by atoms with van der Waals surface area (Å²) in [5, 5.41) is 6.12. The summed E-state index contributed by atoms with van der Waals surface area (Å²) in [5.41, 5.74) is 3.50. The largest absolute Gasteiger partial charge is 0.462 e. The molecule has 1 heterocycles. The number of rotatable bonds is 8. The Morgan fingerprint density at radius 3 is 2.83 bits per heavy atom. The van der Waals surface area contributed by atoms with Crippen molar-refractivity contribution < 1.29 is 14.3 Å².